The van der Waals surface area contributed by atoms with E-state index in [0.717, 1.165) is 62.0 Å². The van der Waals surface area contributed by atoms with E-state index in [2.05, 4.69) is 26.9 Å². The molecule has 0 aliphatic carbocycles. The lowest BCUT2D eigenvalue weighted by Crippen LogP contribution is -2.43. The number of anilines is 2. The third-order valence-corrected chi connectivity index (χ3v) is 9.40. The molecule has 0 amide bonds. The molecule has 0 unspecified atom stereocenters. The third kappa shape index (κ3) is 6.68. The Kier molecular flexibility index (Phi) is 8.47. The number of halogens is 4. The van der Waals surface area contributed by atoms with Crippen molar-refractivity contribution in [2.75, 3.05) is 29.5 Å². The number of sulfonamides is 1. The monoisotopic (exact) mass is 586 g/mol. The topological polar surface area (TPSA) is 83.0 Å². The lowest BCUT2D eigenvalue weighted by molar-refractivity contribution is -0.199. The van der Waals surface area contributed by atoms with Gasteiger partial charge in [0.25, 0.3) is 0 Å². The number of pyridine rings is 1. The highest BCUT2D eigenvalue weighted by molar-refractivity contribution is 7.94. The molecule has 0 N–H and O–H groups in total. The van der Waals surface area contributed by atoms with Crippen molar-refractivity contribution >= 4 is 38.8 Å². The largest absolute Gasteiger partial charge is 0.493 e. The maximum Gasteiger partial charge on any atom is 0.493 e. The van der Waals surface area contributed by atoms with Gasteiger partial charge in [-0.2, -0.15) is 31.0 Å². The third-order valence-electron chi connectivity index (χ3n) is 6.36. The molecular weight excluding hydrogens is 560 g/mol. The zero-order chi connectivity index (χ0) is 28.4. The molecule has 1 aliphatic rings. The lowest BCUT2D eigenvalue weighted by atomic mass is 10.0. The number of carbonyl (C=O) groups excluding carboxylic acids is 1. The molecule has 3 aromatic rings. The highest BCUT2D eigenvalue weighted by Gasteiger charge is 2.45. The first-order valence-corrected chi connectivity index (χ1v) is 14.2. The molecule has 2 aromatic heterocycles. The lowest BCUT2D eigenvalue weighted by Gasteiger charge is -2.37. The van der Waals surface area contributed by atoms with E-state index in [-0.39, 0.29) is 14.7 Å². The van der Waals surface area contributed by atoms with Gasteiger partial charge in [-0.25, -0.2) is 4.79 Å². The Morgan fingerprint density at radius 1 is 1.13 bits per heavy atom. The van der Waals surface area contributed by atoms with Gasteiger partial charge in [-0.1, -0.05) is 40.9 Å². The van der Waals surface area contributed by atoms with Gasteiger partial charge in [-0.3, -0.25) is 4.90 Å². The maximum atomic E-state index is 13.7. The molecule has 1 aliphatic heterocycles. The zero-order valence-electron chi connectivity index (χ0n) is 21.1. The molecule has 14 heteroatoms. The summed E-state index contributed by atoms with van der Waals surface area (Å²) in [6.45, 7) is 4.19. The molecule has 8 nitrogen and oxygen atoms in total. The van der Waals surface area contributed by atoms with Crippen LogP contribution in [-0.2, 0) is 26.2 Å². The van der Waals surface area contributed by atoms with E-state index in [4.69, 9.17) is 0 Å². The number of benzene rings is 1. The Morgan fingerprint density at radius 2 is 1.79 bits per heavy atom. The molecule has 0 spiro atoms. The predicted molar refractivity (Wildman–Crippen MR) is 138 cm³/mol. The number of hydrogen-bond acceptors (Lipinski definition) is 8. The number of hydrogen-bond donors (Lipinski definition) is 0. The van der Waals surface area contributed by atoms with Crippen LogP contribution >= 0.6 is 11.3 Å². The van der Waals surface area contributed by atoms with Crippen LogP contribution in [0.3, 0.4) is 0 Å². The second-order valence-electron chi connectivity index (χ2n) is 9.04. The number of thiophene rings is 1. The number of nitrogens with zero attached hydrogens (tertiary/aromatic N) is 4. The van der Waals surface area contributed by atoms with Gasteiger partial charge >= 0.3 is 22.2 Å². The summed E-state index contributed by atoms with van der Waals surface area (Å²) in [5.74, 6) is -4.79. The van der Waals surface area contributed by atoms with Crippen molar-refractivity contribution in [2.24, 2.45) is 0 Å². The van der Waals surface area contributed by atoms with Gasteiger partial charge in [0.2, 0.25) is 5.95 Å². The predicted octanol–water partition coefficient (Wildman–Crippen LogP) is 4.91. The van der Waals surface area contributed by atoms with Crippen LogP contribution in [0.25, 0.3) is 0 Å². The minimum Gasteiger partial charge on any atom is -0.371 e. The molecule has 3 heterocycles. The van der Waals surface area contributed by atoms with E-state index in [9.17, 15) is 30.8 Å². The fraction of sp³-hybridized carbons (Fsp3) is 0.360. The van der Waals surface area contributed by atoms with Crippen LogP contribution in [0.4, 0.5) is 29.1 Å². The van der Waals surface area contributed by atoms with Crippen molar-refractivity contribution in [3.8, 4) is 0 Å². The SMILES string of the molecule is Cc1sc(S(=O)(=O)N(OC(=O)C(F)(F)F)c2cccc(F)n2)cc1N(C)C1CCN(Cc2ccccc2)CC1. The number of alkyl halides is 3. The normalized spacial score (nSPS) is 15.2. The van der Waals surface area contributed by atoms with E-state index in [1.807, 2.05) is 30.1 Å². The molecule has 1 saturated heterocycles. The molecule has 1 aromatic carbocycles. The summed E-state index contributed by atoms with van der Waals surface area (Å²) in [6.07, 6.45) is -3.85. The second-order valence-corrected chi connectivity index (χ2v) is 12.3. The Bertz CT molecular complexity index is 1410. The summed E-state index contributed by atoms with van der Waals surface area (Å²) in [5.41, 5.74) is 1.80. The van der Waals surface area contributed by atoms with E-state index < -0.39 is 33.9 Å². The molecule has 39 heavy (non-hydrogen) atoms. The fourth-order valence-corrected chi connectivity index (χ4v) is 7.07. The van der Waals surface area contributed by atoms with Crippen LogP contribution in [0, 0.1) is 12.9 Å². The Labute approximate surface area is 227 Å². The van der Waals surface area contributed by atoms with Crippen LogP contribution in [0.1, 0.15) is 23.3 Å². The van der Waals surface area contributed by atoms with Crippen molar-refractivity contribution in [2.45, 2.75) is 42.7 Å². The zero-order valence-corrected chi connectivity index (χ0v) is 22.7. The first kappa shape index (κ1) is 28.8. The fourth-order valence-electron chi connectivity index (χ4n) is 4.35. The summed E-state index contributed by atoms with van der Waals surface area (Å²) >= 11 is 0.802. The highest BCUT2D eigenvalue weighted by atomic mass is 32.2. The average Bonchev–Trinajstić information content (AvgIpc) is 3.29. The summed E-state index contributed by atoms with van der Waals surface area (Å²) in [5, 5.41) is 0. The van der Waals surface area contributed by atoms with Gasteiger partial charge in [0.1, 0.15) is 4.21 Å². The molecular formula is C25H26F4N4O4S2. The quantitative estimate of drug-likeness (QED) is 0.211. The van der Waals surface area contributed by atoms with E-state index in [1.54, 1.807) is 6.92 Å². The van der Waals surface area contributed by atoms with Crippen LogP contribution in [0.15, 0.2) is 58.8 Å². The van der Waals surface area contributed by atoms with Gasteiger partial charge in [0, 0.05) is 37.6 Å². The van der Waals surface area contributed by atoms with Crippen LogP contribution in [0.5, 0.6) is 0 Å². The maximum absolute atomic E-state index is 13.7. The molecule has 0 saturated carbocycles. The second kappa shape index (κ2) is 11.5. The van der Waals surface area contributed by atoms with Gasteiger partial charge in [-0.05, 0) is 43.5 Å². The number of aromatic nitrogens is 1. The Morgan fingerprint density at radius 3 is 2.41 bits per heavy atom. The highest BCUT2D eigenvalue weighted by Crippen LogP contribution is 2.37. The Balaban J connectivity index is 1.54. The van der Waals surface area contributed by atoms with Crippen LogP contribution in [-0.4, -0.2) is 56.6 Å². The Hall–Kier alpha value is -3.23. The molecule has 0 bridgehead atoms. The number of likely N-dealkylation sites (tertiary alicyclic amines) is 1. The van der Waals surface area contributed by atoms with Crippen molar-refractivity contribution < 1.29 is 35.6 Å². The van der Waals surface area contributed by atoms with Gasteiger partial charge in [-0.15, -0.1) is 11.3 Å². The van der Waals surface area contributed by atoms with Crippen LogP contribution in [0.2, 0.25) is 0 Å². The van der Waals surface area contributed by atoms with E-state index in [0.29, 0.717) is 10.6 Å². The van der Waals surface area contributed by atoms with E-state index in [1.165, 1.54) is 11.6 Å². The summed E-state index contributed by atoms with van der Waals surface area (Å²) in [6, 6.07) is 14.3. The standard InChI is InChI=1S/C25H26F4N4O4S2/c1-17-20(31(2)19-11-13-32(14-12-19)16-18-7-4-3-5-8-18)15-23(38-17)39(35,36)33(37-24(34)25(27,28)29)22-10-6-9-21(26)30-22/h3-10,15,19H,11-14,16H2,1-2H3. The van der Waals surface area contributed by atoms with Crippen molar-refractivity contribution in [3.63, 3.8) is 0 Å². The van der Waals surface area contributed by atoms with Crippen LogP contribution < -0.4 is 9.37 Å². The smallest absolute Gasteiger partial charge is 0.371 e. The first-order valence-electron chi connectivity index (χ1n) is 11.9. The van der Waals surface area contributed by atoms with Gasteiger partial charge in [0.05, 0.1) is 5.69 Å². The molecule has 4 rings (SSSR count). The minimum absolute atomic E-state index is 0.102. The number of piperidine rings is 1. The van der Waals surface area contributed by atoms with Gasteiger partial charge < -0.3 is 9.74 Å². The summed E-state index contributed by atoms with van der Waals surface area (Å²) in [4.78, 5) is 24.0. The molecule has 0 atom stereocenters. The van der Waals surface area contributed by atoms with Crippen molar-refractivity contribution in [1.82, 2.24) is 9.88 Å². The number of carbonyl (C=O) groups is 1. The van der Waals surface area contributed by atoms with E-state index >= 15 is 0 Å². The summed E-state index contributed by atoms with van der Waals surface area (Å²) < 4.78 is 78.6. The number of aryl methyl sites for hydroxylation is 1. The number of rotatable bonds is 8. The molecule has 210 valence electrons. The first-order chi connectivity index (χ1) is 18.4. The minimum atomic E-state index is -5.49. The van der Waals surface area contributed by atoms with Crippen molar-refractivity contribution in [1.29, 1.82) is 0 Å². The summed E-state index contributed by atoms with van der Waals surface area (Å²) in [7, 11) is -3.06. The van der Waals surface area contributed by atoms with Crippen molar-refractivity contribution in [3.05, 3.63) is 71.0 Å². The molecule has 0 radical (unpaired) electrons. The molecule has 1 fully saturated rings. The average molecular weight is 587 g/mol. The van der Waals surface area contributed by atoms with Gasteiger partial charge in [0.15, 0.2) is 5.82 Å².